The fourth-order valence-electron chi connectivity index (χ4n) is 3.31. The van der Waals surface area contributed by atoms with Crippen LogP contribution < -0.4 is 5.32 Å². The molecule has 0 aromatic heterocycles. The van der Waals surface area contributed by atoms with Gasteiger partial charge in [0.1, 0.15) is 0 Å². The minimum Gasteiger partial charge on any atom is -0.465 e. The summed E-state index contributed by atoms with van der Waals surface area (Å²) in [5.74, 6) is -0.905. The van der Waals surface area contributed by atoms with Crippen LogP contribution in [-0.2, 0) is 27.6 Å². The van der Waals surface area contributed by atoms with Crippen molar-refractivity contribution in [2.24, 2.45) is 0 Å². The van der Waals surface area contributed by atoms with Gasteiger partial charge in [-0.3, -0.25) is 0 Å². The molecule has 1 rings (SSSR count). The molecule has 0 unspecified atom stereocenters. The Morgan fingerprint density at radius 1 is 0.970 bits per heavy atom. The molecule has 0 amide bonds. The highest BCUT2D eigenvalue weighted by molar-refractivity contribution is 7.96. The van der Waals surface area contributed by atoms with Gasteiger partial charge in [0, 0.05) is 6.54 Å². The Bertz CT molecular complexity index is 919. The third kappa shape index (κ3) is 11.0. The Morgan fingerprint density at radius 2 is 1.52 bits per heavy atom. The molecule has 0 radical (unpaired) electrons. The minimum atomic E-state index is -3.98. The molecule has 11 heteroatoms. The van der Waals surface area contributed by atoms with Crippen molar-refractivity contribution in [2.75, 3.05) is 13.7 Å². The molecule has 0 bridgehead atoms. The van der Waals surface area contributed by atoms with E-state index in [1.54, 1.807) is 24.4 Å². The fraction of sp³-hybridized carbons (Fsp3) is 0.500. The average molecular weight is 530 g/mol. The van der Waals surface area contributed by atoms with E-state index < -0.39 is 45.9 Å². The van der Waals surface area contributed by atoms with Crippen LogP contribution in [0.15, 0.2) is 58.5 Å². The number of benzene rings is 1. The fourth-order valence-corrected chi connectivity index (χ4v) is 17.2. The van der Waals surface area contributed by atoms with E-state index >= 15 is 0 Å². The zero-order chi connectivity index (χ0) is 25.3. The summed E-state index contributed by atoms with van der Waals surface area (Å²) >= 11 is 0. The van der Waals surface area contributed by atoms with E-state index in [1.807, 2.05) is 0 Å². The van der Waals surface area contributed by atoms with Crippen LogP contribution in [0.4, 0.5) is 0 Å². The quantitative estimate of drug-likeness (QED) is 0.129. The van der Waals surface area contributed by atoms with Gasteiger partial charge in [0.25, 0.3) is 0 Å². The first kappa shape index (κ1) is 29.5. The summed E-state index contributed by atoms with van der Waals surface area (Å²) in [6, 6.07) is 8.68. The molecule has 0 atom stereocenters. The minimum absolute atomic E-state index is 0.0389. The van der Waals surface area contributed by atoms with Crippen molar-refractivity contribution in [3.63, 3.8) is 0 Å². The first-order valence-corrected chi connectivity index (χ1v) is 21.8. The predicted molar refractivity (Wildman–Crippen MR) is 141 cm³/mol. The van der Waals surface area contributed by atoms with Gasteiger partial charge in [-0.15, -0.1) is 0 Å². The number of carbonyl (C=O) groups is 1. The molecule has 1 aromatic rings. The number of allylic oxidation sites excluding steroid dienone is 2. The smallest absolute Gasteiger partial charge is 0.349 e. The number of ether oxygens (including phenoxy) is 1. The SMILES string of the molecule is COC(=O)/C(=C\C=C\NCCC[Si](C)(O[Si](C)(C)C)O[Si](C)(C)C)S(=O)(=O)c1ccccc1. The summed E-state index contributed by atoms with van der Waals surface area (Å²) in [7, 11) is -8.56. The number of methoxy groups -OCH3 is 1. The summed E-state index contributed by atoms with van der Waals surface area (Å²) < 4.78 is 43.3. The lowest BCUT2D eigenvalue weighted by Crippen LogP contribution is -2.52. The van der Waals surface area contributed by atoms with Gasteiger partial charge in [0.2, 0.25) is 9.84 Å². The number of rotatable bonds is 13. The normalized spacial score (nSPS) is 13.9. The van der Waals surface area contributed by atoms with Gasteiger partial charge in [-0.1, -0.05) is 18.2 Å². The van der Waals surface area contributed by atoms with Crippen LogP contribution in [-0.4, -0.2) is 53.2 Å². The highest BCUT2D eigenvalue weighted by Crippen LogP contribution is 2.25. The molecular weight excluding hydrogens is 491 g/mol. The van der Waals surface area contributed by atoms with Gasteiger partial charge in [0.05, 0.1) is 12.0 Å². The second-order valence-electron chi connectivity index (χ2n) is 9.82. The number of hydrogen-bond donors (Lipinski definition) is 1. The van der Waals surface area contributed by atoms with Gasteiger partial charge in [0.15, 0.2) is 21.5 Å². The van der Waals surface area contributed by atoms with Crippen LogP contribution >= 0.6 is 0 Å². The maximum absolute atomic E-state index is 12.8. The number of carbonyl (C=O) groups excluding carboxylic acids is 1. The molecule has 0 aliphatic carbocycles. The largest absolute Gasteiger partial charge is 0.465 e. The molecule has 0 aliphatic rings. The lowest BCUT2D eigenvalue weighted by Gasteiger charge is -2.38. The van der Waals surface area contributed by atoms with E-state index in [1.165, 1.54) is 24.3 Å². The molecule has 0 heterocycles. The van der Waals surface area contributed by atoms with E-state index in [2.05, 4.69) is 55.9 Å². The van der Waals surface area contributed by atoms with Crippen molar-refractivity contribution >= 4 is 41.0 Å². The third-order valence-electron chi connectivity index (χ3n) is 4.19. The molecular formula is C22H39NO6SSi3. The van der Waals surface area contributed by atoms with E-state index in [-0.39, 0.29) is 4.90 Å². The summed E-state index contributed by atoms with van der Waals surface area (Å²) in [5.41, 5.74) is 0. The average Bonchev–Trinajstić information content (AvgIpc) is 2.67. The Balaban J connectivity index is 2.79. The summed E-state index contributed by atoms with van der Waals surface area (Å²) in [6.07, 6.45) is 5.24. The topological polar surface area (TPSA) is 90.9 Å². The lowest BCUT2D eigenvalue weighted by atomic mass is 10.4. The Hall–Kier alpha value is -1.51. The molecule has 33 heavy (non-hydrogen) atoms. The van der Waals surface area contributed by atoms with Crippen molar-refractivity contribution in [1.29, 1.82) is 0 Å². The molecule has 0 saturated carbocycles. The zero-order valence-corrected chi connectivity index (χ0v) is 24.9. The molecule has 0 saturated heterocycles. The third-order valence-corrected chi connectivity index (χ3v) is 15.6. The molecule has 7 nitrogen and oxygen atoms in total. The molecule has 1 N–H and O–H groups in total. The van der Waals surface area contributed by atoms with Crippen molar-refractivity contribution < 1.29 is 26.2 Å². The van der Waals surface area contributed by atoms with Gasteiger partial charge >= 0.3 is 14.5 Å². The lowest BCUT2D eigenvalue weighted by molar-refractivity contribution is -0.135. The van der Waals surface area contributed by atoms with E-state index in [4.69, 9.17) is 8.23 Å². The van der Waals surface area contributed by atoms with Crippen LogP contribution in [0.1, 0.15) is 6.42 Å². The van der Waals surface area contributed by atoms with E-state index in [0.29, 0.717) is 6.54 Å². The van der Waals surface area contributed by atoms with Gasteiger partial charge < -0.3 is 18.3 Å². The second-order valence-corrected chi connectivity index (χ2v) is 24.6. The van der Waals surface area contributed by atoms with Crippen molar-refractivity contribution in [2.45, 2.75) is 63.2 Å². The molecule has 0 fully saturated rings. The maximum Gasteiger partial charge on any atom is 0.349 e. The van der Waals surface area contributed by atoms with Crippen molar-refractivity contribution in [1.82, 2.24) is 5.32 Å². The Labute approximate surface area is 202 Å². The molecule has 186 valence electrons. The van der Waals surface area contributed by atoms with Gasteiger partial charge in [-0.25, -0.2) is 13.2 Å². The van der Waals surface area contributed by atoms with Crippen LogP contribution in [0.25, 0.3) is 0 Å². The number of hydrogen-bond acceptors (Lipinski definition) is 7. The number of nitrogens with one attached hydrogen (secondary N) is 1. The highest BCUT2D eigenvalue weighted by Gasteiger charge is 2.39. The number of sulfone groups is 1. The first-order valence-electron chi connectivity index (χ1n) is 11.0. The monoisotopic (exact) mass is 529 g/mol. The zero-order valence-electron chi connectivity index (χ0n) is 21.1. The van der Waals surface area contributed by atoms with E-state index in [0.717, 1.165) is 19.6 Å². The molecule has 0 aliphatic heterocycles. The predicted octanol–water partition coefficient (Wildman–Crippen LogP) is 4.79. The molecule has 1 aromatic carbocycles. The van der Waals surface area contributed by atoms with Crippen LogP contribution in [0.5, 0.6) is 0 Å². The summed E-state index contributed by atoms with van der Waals surface area (Å²) in [6.45, 7) is 15.9. The van der Waals surface area contributed by atoms with Gasteiger partial charge in [-0.05, 0) is 88.8 Å². The summed E-state index contributed by atoms with van der Waals surface area (Å²) in [5, 5.41) is 3.15. The van der Waals surface area contributed by atoms with Crippen LogP contribution in [0, 0.1) is 0 Å². The van der Waals surface area contributed by atoms with E-state index in [9.17, 15) is 13.2 Å². The first-order chi connectivity index (χ1) is 15.1. The Kier molecular flexibility index (Phi) is 11.0. The second kappa shape index (κ2) is 12.3. The standard InChI is InChI=1S/C22H39NO6SSi3/c1-27-22(24)21(30(25,26)20-14-10-9-11-15-20)16-12-17-23-18-13-19-33(8,28-31(2,3)4)29-32(5,6)7/h9-12,14-17,23H,13,18-19H2,1-8H3/b17-12+,21-16+. The van der Waals surface area contributed by atoms with Crippen molar-refractivity contribution in [3.8, 4) is 0 Å². The van der Waals surface area contributed by atoms with Gasteiger partial charge in [-0.2, -0.15) is 0 Å². The maximum atomic E-state index is 12.8. The highest BCUT2D eigenvalue weighted by atomic mass is 32.2. The number of esters is 1. The van der Waals surface area contributed by atoms with Crippen molar-refractivity contribution in [3.05, 3.63) is 53.6 Å². The molecule has 0 spiro atoms. The van der Waals surface area contributed by atoms with Crippen LogP contribution in [0.3, 0.4) is 0 Å². The van der Waals surface area contributed by atoms with Crippen LogP contribution in [0.2, 0.25) is 51.9 Å². The Morgan fingerprint density at radius 3 is 2.00 bits per heavy atom. The summed E-state index contributed by atoms with van der Waals surface area (Å²) in [4.78, 5) is 11.7.